The van der Waals surface area contributed by atoms with Gasteiger partial charge in [-0.2, -0.15) is 0 Å². The molecule has 12 aromatic rings. The van der Waals surface area contributed by atoms with Gasteiger partial charge in [-0.1, -0.05) is 304 Å². The average Bonchev–Trinajstić information content (AvgIpc) is 3.54. The Balaban J connectivity index is 1.05. The summed E-state index contributed by atoms with van der Waals surface area (Å²) >= 11 is 0. The van der Waals surface area contributed by atoms with E-state index >= 15 is 4.57 Å². The first-order chi connectivity index (χ1) is 38.0. The lowest BCUT2D eigenvalue weighted by atomic mass is 9.83. The highest BCUT2D eigenvalue weighted by Gasteiger charge is 2.30. The molecule has 0 spiro atoms. The summed E-state index contributed by atoms with van der Waals surface area (Å²) < 4.78 is 15.4. The van der Waals surface area contributed by atoms with E-state index in [-0.39, 0.29) is 0 Å². The van der Waals surface area contributed by atoms with E-state index in [4.69, 9.17) is 0 Å². The molecule has 0 radical (unpaired) electrons. The van der Waals surface area contributed by atoms with Crippen molar-refractivity contribution in [3.05, 3.63) is 322 Å². The molecular formula is C74H54OP2. The molecule has 0 heterocycles. The average molecular weight is 1020 g/mol. The fourth-order valence-electron chi connectivity index (χ4n) is 10.9. The maximum absolute atomic E-state index is 15.4. The summed E-state index contributed by atoms with van der Waals surface area (Å²) in [6.45, 7) is 8.01. The molecule has 1 nitrogen and oxygen atoms in total. The van der Waals surface area contributed by atoms with E-state index in [1.54, 1.807) is 12.2 Å². The van der Waals surface area contributed by atoms with Crippen LogP contribution in [0.15, 0.2) is 322 Å². The van der Waals surface area contributed by atoms with Crippen molar-refractivity contribution in [3.8, 4) is 66.8 Å². The summed E-state index contributed by atoms with van der Waals surface area (Å²) in [6, 6.07) is 102. The number of hydrogen-bond acceptors (Lipinski definition) is 1. The maximum Gasteiger partial charge on any atom is 0.170 e. The lowest BCUT2D eigenvalue weighted by Crippen LogP contribution is -2.20. The third kappa shape index (κ3) is 9.58. The quantitative estimate of drug-likeness (QED) is 0.0603. The fraction of sp³-hybridized carbons (Fsp3) is 0. The Morgan fingerprint density at radius 2 is 0.623 bits per heavy atom. The van der Waals surface area contributed by atoms with Crippen molar-refractivity contribution in [1.29, 1.82) is 0 Å². The molecule has 0 bridgehead atoms. The zero-order valence-electron chi connectivity index (χ0n) is 42.6. The van der Waals surface area contributed by atoms with Gasteiger partial charge in [0.2, 0.25) is 0 Å². The van der Waals surface area contributed by atoms with Crippen LogP contribution in [0.3, 0.4) is 0 Å². The van der Waals surface area contributed by atoms with Gasteiger partial charge in [-0.05, 0) is 124 Å². The summed E-state index contributed by atoms with van der Waals surface area (Å²) in [6.07, 6.45) is 5.20. The van der Waals surface area contributed by atoms with Crippen LogP contribution in [0.5, 0.6) is 0 Å². The standard InChI is InChI=1S/C74H54OP2/c1-3-20-66(4-2)77(75,67-29-18-9-19-30-67)68-47-41-58(42-48-68)62-44-50-70-72(52-62)74(60-37-33-56(34-38-60)54-23-12-6-13-24-54)69-49-43-61(51-71(69)73(70)59-35-31-55(32-36-59)53-21-10-5-11-22-53)57-39-45-65(46-40-57)76(63-25-14-7-15-26-63)64-27-16-8-17-28-64/h3-52H,1-2H2/b66-20+. The van der Waals surface area contributed by atoms with Crippen molar-refractivity contribution in [1.82, 2.24) is 0 Å². The zero-order valence-corrected chi connectivity index (χ0v) is 44.4. The van der Waals surface area contributed by atoms with Crippen LogP contribution in [0, 0.1) is 0 Å². The number of allylic oxidation sites excluding steroid dienone is 4. The first kappa shape index (κ1) is 48.9. The predicted octanol–water partition coefficient (Wildman–Crippen LogP) is 18.3. The van der Waals surface area contributed by atoms with Gasteiger partial charge in [0.1, 0.15) is 0 Å². The molecule has 0 N–H and O–H groups in total. The minimum Gasteiger partial charge on any atom is -0.309 e. The molecule has 3 heteroatoms. The van der Waals surface area contributed by atoms with Crippen molar-refractivity contribution in [3.63, 3.8) is 0 Å². The molecular weight excluding hydrogens is 967 g/mol. The van der Waals surface area contributed by atoms with Crippen LogP contribution in [0.1, 0.15) is 0 Å². The normalized spacial score (nSPS) is 12.4. The molecule has 0 saturated heterocycles. The van der Waals surface area contributed by atoms with Crippen LogP contribution < -0.4 is 26.5 Å². The van der Waals surface area contributed by atoms with Crippen molar-refractivity contribution >= 4 is 63.1 Å². The zero-order chi connectivity index (χ0) is 52.1. The van der Waals surface area contributed by atoms with Gasteiger partial charge < -0.3 is 4.57 Å². The first-order valence-electron chi connectivity index (χ1n) is 26.1. The molecule has 0 saturated carbocycles. The van der Waals surface area contributed by atoms with Crippen molar-refractivity contribution < 1.29 is 4.57 Å². The van der Waals surface area contributed by atoms with Crippen LogP contribution in [0.4, 0.5) is 0 Å². The Hall–Kier alpha value is -8.96. The molecule has 12 rings (SSSR count). The van der Waals surface area contributed by atoms with Crippen LogP contribution >= 0.6 is 15.1 Å². The molecule has 12 aromatic carbocycles. The largest absolute Gasteiger partial charge is 0.309 e. The van der Waals surface area contributed by atoms with Gasteiger partial charge in [0, 0.05) is 15.9 Å². The molecule has 0 aliphatic heterocycles. The summed E-state index contributed by atoms with van der Waals surface area (Å²) in [5.74, 6) is 0. The molecule has 366 valence electrons. The lowest BCUT2D eigenvalue weighted by Gasteiger charge is -2.21. The van der Waals surface area contributed by atoms with E-state index < -0.39 is 15.1 Å². The molecule has 0 aromatic heterocycles. The van der Waals surface area contributed by atoms with Gasteiger partial charge in [-0.25, -0.2) is 0 Å². The second-order valence-corrected chi connectivity index (χ2v) is 24.2. The van der Waals surface area contributed by atoms with Crippen LogP contribution in [-0.4, -0.2) is 0 Å². The second-order valence-electron chi connectivity index (χ2n) is 19.2. The monoisotopic (exact) mass is 1020 g/mol. The van der Waals surface area contributed by atoms with Gasteiger partial charge >= 0.3 is 0 Å². The molecule has 1 unspecified atom stereocenters. The number of benzene rings is 12. The number of rotatable bonds is 14. The Labute approximate surface area is 453 Å². The van der Waals surface area contributed by atoms with E-state index in [0.717, 1.165) is 49.2 Å². The number of fused-ring (bicyclic) bond motifs is 2. The fourth-order valence-corrected chi connectivity index (χ4v) is 15.8. The third-order valence-electron chi connectivity index (χ3n) is 14.7. The van der Waals surface area contributed by atoms with Crippen LogP contribution in [0.2, 0.25) is 0 Å². The van der Waals surface area contributed by atoms with Crippen molar-refractivity contribution in [2.24, 2.45) is 0 Å². The summed E-state index contributed by atoms with van der Waals surface area (Å²) in [5, 5.41) is 10.8. The topological polar surface area (TPSA) is 17.1 Å². The Bertz CT molecular complexity index is 4090. The molecule has 0 fully saturated rings. The highest BCUT2D eigenvalue weighted by atomic mass is 31.2. The van der Waals surface area contributed by atoms with E-state index in [1.165, 1.54) is 65.6 Å². The van der Waals surface area contributed by atoms with E-state index in [9.17, 15) is 0 Å². The Morgan fingerprint density at radius 1 is 0.312 bits per heavy atom. The summed E-state index contributed by atoms with van der Waals surface area (Å²) in [4.78, 5) is 0. The van der Waals surface area contributed by atoms with E-state index in [1.807, 2.05) is 48.5 Å². The molecule has 1 atom stereocenters. The highest BCUT2D eigenvalue weighted by Crippen LogP contribution is 2.53. The van der Waals surface area contributed by atoms with Crippen LogP contribution in [-0.2, 0) is 4.57 Å². The second kappa shape index (κ2) is 21.7. The minimum absolute atomic E-state index is 0.650. The van der Waals surface area contributed by atoms with E-state index in [0.29, 0.717) is 5.31 Å². The maximum atomic E-state index is 15.4. The Kier molecular flexibility index (Phi) is 13.8. The Morgan fingerprint density at radius 3 is 1.04 bits per heavy atom. The molecule has 0 aliphatic carbocycles. The van der Waals surface area contributed by atoms with E-state index in [2.05, 4.69) is 256 Å². The highest BCUT2D eigenvalue weighted by molar-refractivity contribution is 7.82. The van der Waals surface area contributed by atoms with Crippen LogP contribution in [0.25, 0.3) is 88.3 Å². The van der Waals surface area contributed by atoms with Crippen molar-refractivity contribution in [2.45, 2.75) is 0 Å². The van der Waals surface area contributed by atoms with Crippen molar-refractivity contribution in [2.75, 3.05) is 0 Å². The number of hydrogen-bond donors (Lipinski definition) is 0. The predicted molar refractivity (Wildman–Crippen MR) is 335 cm³/mol. The minimum atomic E-state index is -3.25. The summed E-state index contributed by atoms with van der Waals surface area (Å²) in [5.41, 5.74) is 13.8. The lowest BCUT2D eigenvalue weighted by molar-refractivity contribution is 0.591. The molecule has 77 heavy (non-hydrogen) atoms. The molecule has 0 aliphatic rings. The van der Waals surface area contributed by atoms with Gasteiger partial charge in [0.25, 0.3) is 0 Å². The van der Waals surface area contributed by atoms with Gasteiger partial charge in [-0.3, -0.25) is 0 Å². The van der Waals surface area contributed by atoms with Gasteiger partial charge in [0.15, 0.2) is 7.14 Å². The first-order valence-corrected chi connectivity index (χ1v) is 29.1. The van der Waals surface area contributed by atoms with Gasteiger partial charge in [0.05, 0.1) is 0 Å². The smallest absolute Gasteiger partial charge is 0.170 e. The summed E-state index contributed by atoms with van der Waals surface area (Å²) in [7, 11) is -4.00. The third-order valence-corrected chi connectivity index (χ3v) is 20.3. The molecule has 0 amide bonds. The van der Waals surface area contributed by atoms with Gasteiger partial charge in [-0.15, -0.1) is 0 Å². The SMILES string of the molecule is C=C/C=C(\C=C)P(=O)(c1ccccc1)c1ccc(-c2ccc3c(-c4ccc(-c5ccccc5)cc4)c4cc(-c5ccc(P(c6ccccc6)c6ccccc6)cc5)ccc4c(-c4ccc(-c5ccccc5)cc4)c3c2)cc1.